The van der Waals surface area contributed by atoms with Crippen molar-refractivity contribution < 1.29 is 0 Å². The van der Waals surface area contributed by atoms with Crippen LogP contribution in [0.4, 0.5) is 0 Å². The Hall–Kier alpha value is -7.94. The third kappa shape index (κ3) is 6.51. The number of hydrogen-bond donors (Lipinski definition) is 0. The number of nitrogens with zero attached hydrogens (tertiary/aromatic N) is 2. The first-order chi connectivity index (χ1) is 29.7. The molecule has 0 unspecified atom stereocenters. The van der Waals surface area contributed by atoms with Gasteiger partial charge in [0.05, 0.1) is 11.4 Å². The third-order valence-electron chi connectivity index (χ3n) is 11.7. The molecule has 0 aliphatic heterocycles. The molecule has 0 saturated carbocycles. The lowest BCUT2D eigenvalue weighted by atomic mass is 9.89. The van der Waals surface area contributed by atoms with Crippen molar-refractivity contribution in [2.75, 3.05) is 0 Å². The van der Waals surface area contributed by atoms with Crippen molar-refractivity contribution in [1.29, 1.82) is 0 Å². The van der Waals surface area contributed by atoms with E-state index in [1.807, 2.05) is 0 Å². The fourth-order valence-electron chi connectivity index (χ4n) is 8.70. The molecular formula is C58H38N2. The minimum atomic E-state index is 0.683. The van der Waals surface area contributed by atoms with Gasteiger partial charge in [0.25, 0.3) is 0 Å². The van der Waals surface area contributed by atoms with Crippen LogP contribution in [0.15, 0.2) is 231 Å². The fourth-order valence-corrected chi connectivity index (χ4v) is 8.70. The summed E-state index contributed by atoms with van der Waals surface area (Å²) in [7, 11) is 0. The zero-order valence-electron chi connectivity index (χ0n) is 32.8. The van der Waals surface area contributed by atoms with Gasteiger partial charge < -0.3 is 0 Å². The quantitative estimate of drug-likeness (QED) is 0.119. The molecule has 60 heavy (non-hydrogen) atoms. The first-order valence-corrected chi connectivity index (χ1v) is 20.5. The summed E-state index contributed by atoms with van der Waals surface area (Å²) in [6.07, 6.45) is 0. The average molecular weight is 763 g/mol. The summed E-state index contributed by atoms with van der Waals surface area (Å²) in [5.74, 6) is 0.683. The van der Waals surface area contributed by atoms with Crippen molar-refractivity contribution >= 4 is 32.3 Å². The van der Waals surface area contributed by atoms with E-state index in [1.54, 1.807) is 0 Å². The van der Waals surface area contributed by atoms with Crippen molar-refractivity contribution in [2.45, 2.75) is 0 Å². The molecule has 2 heteroatoms. The standard InChI is InChI=1S/C58H38N2/c1-3-14-39(15-4-1)41-26-28-43(29-27-41)49-22-11-12-25-52(49)56-38-55(48-21-13-20-46(36-48)40-16-5-2-6-17-40)59-58(60-56)45-32-30-44(31-33-45)57-51-24-10-8-19-47(51)37-54-50-23-9-7-18-42(50)34-35-53(54)57/h1-38H. The summed E-state index contributed by atoms with van der Waals surface area (Å²) in [4.78, 5) is 10.7. The second-order valence-corrected chi connectivity index (χ2v) is 15.3. The highest BCUT2D eigenvalue weighted by Crippen LogP contribution is 2.41. The molecular weight excluding hydrogens is 725 g/mol. The Kier molecular flexibility index (Phi) is 8.87. The van der Waals surface area contributed by atoms with Crippen molar-refractivity contribution in [3.63, 3.8) is 0 Å². The molecule has 0 bridgehead atoms. The van der Waals surface area contributed by atoms with E-state index in [2.05, 4.69) is 231 Å². The molecule has 0 fully saturated rings. The van der Waals surface area contributed by atoms with E-state index in [-0.39, 0.29) is 0 Å². The van der Waals surface area contributed by atoms with Gasteiger partial charge in [-0.25, -0.2) is 9.97 Å². The molecule has 0 N–H and O–H groups in total. The predicted octanol–water partition coefficient (Wildman–Crippen LogP) is 15.6. The van der Waals surface area contributed by atoms with E-state index in [0.29, 0.717) is 5.82 Å². The number of fused-ring (bicyclic) bond motifs is 4. The minimum absolute atomic E-state index is 0.683. The van der Waals surface area contributed by atoms with E-state index in [1.165, 1.54) is 54.6 Å². The van der Waals surface area contributed by atoms with Crippen LogP contribution in [0, 0.1) is 0 Å². The smallest absolute Gasteiger partial charge is 0.160 e. The second-order valence-electron chi connectivity index (χ2n) is 15.3. The molecule has 0 aliphatic carbocycles. The maximum Gasteiger partial charge on any atom is 0.160 e. The Labute approximate surface area is 349 Å². The normalized spacial score (nSPS) is 11.3. The molecule has 11 rings (SSSR count). The molecule has 1 heterocycles. The van der Waals surface area contributed by atoms with Crippen LogP contribution in [-0.2, 0) is 0 Å². The summed E-state index contributed by atoms with van der Waals surface area (Å²) in [6, 6.07) is 82.3. The van der Waals surface area contributed by atoms with Crippen molar-refractivity contribution in [1.82, 2.24) is 9.97 Å². The van der Waals surface area contributed by atoms with Gasteiger partial charge in [0.1, 0.15) is 0 Å². The molecule has 10 aromatic carbocycles. The van der Waals surface area contributed by atoms with Crippen LogP contribution in [0.25, 0.3) is 111 Å². The molecule has 280 valence electrons. The summed E-state index contributed by atoms with van der Waals surface area (Å²) in [5, 5.41) is 7.48. The maximum absolute atomic E-state index is 5.36. The van der Waals surface area contributed by atoms with Gasteiger partial charge in [-0.3, -0.25) is 0 Å². The van der Waals surface area contributed by atoms with Crippen molar-refractivity contribution in [3.05, 3.63) is 231 Å². The summed E-state index contributed by atoms with van der Waals surface area (Å²) in [6.45, 7) is 0. The first kappa shape index (κ1) is 35.2. The van der Waals surface area contributed by atoms with Gasteiger partial charge in [0, 0.05) is 16.7 Å². The lowest BCUT2D eigenvalue weighted by molar-refractivity contribution is 1.18. The Bertz CT molecular complexity index is 3330. The van der Waals surface area contributed by atoms with Gasteiger partial charge in [-0.05, 0) is 95.0 Å². The third-order valence-corrected chi connectivity index (χ3v) is 11.7. The Morgan fingerprint density at radius 1 is 0.233 bits per heavy atom. The van der Waals surface area contributed by atoms with Gasteiger partial charge in [-0.15, -0.1) is 0 Å². The van der Waals surface area contributed by atoms with Crippen LogP contribution in [0.3, 0.4) is 0 Å². The van der Waals surface area contributed by atoms with Crippen molar-refractivity contribution in [3.8, 4) is 78.4 Å². The first-order valence-electron chi connectivity index (χ1n) is 20.5. The van der Waals surface area contributed by atoms with E-state index >= 15 is 0 Å². The van der Waals surface area contributed by atoms with Crippen LogP contribution in [0.1, 0.15) is 0 Å². The number of hydrogen-bond acceptors (Lipinski definition) is 2. The molecule has 1 aromatic heterocycles. The highest BCUT2D eigenvalue weighted by atomic mass is 14.9. The van der Waals surface area contributed by atoms with Gasteiger partial charge >= 0.3 is 0 Å². The van der Waals surface area contributed by atoms with E-state index in [0.717, 1.165) is 50.3 Å². The van der Waals surface area contributed by atoms with E-state index in [4.69, 9.17) is 9.97 Å². The highest BCUT2D eigenvalue weighted by Gasteiger charge is 2.17. The summed E-state index contributed by atoms with van der Waals surface area (Å²) < 4.78 is 0. The van der Waals surface area contributed by atoms with Crippen LogP contribution < -0.4 is 0 Å². The molecule has 0 aliphatic rings. The van der Waals surface area contributed by atoms with Crippen LogP contribution in [0.2, 0.25) is 0 Å². The van der Waals surface area contributed by atoms with Gasteiger partial charge in [0.2, 0.25) is 0 Å². The van der Waals surface area contributed by atoms with Gasteiger partial charge in [0.15, 0.2) is 5.82 Å². The number of benzene rings is 10. The SMILES string of the molecule is c1ccc(-c2ccc(-c3ccccc3-c3cc(-c4cccc(-c5ccccc5)c4)nc(-c4ccc(-c5c6ccccc6cc6c5ccc5ccccc56)cc4)n3)cc2)cc1. The molecule has 0 amide bonds. The molecule has 2 nitrogen and oxygen atoms in total. The van der Waals surface area contributed by atoms with E-state index < -0.39 is 0 Å². The molecule has 0 spiro atoms. The Balaban J connectivity index is 1.05. The number of rotatable bonds is 7. The van der Waals surface area contributed by atoms with Gasteiger partial charge in [-0.2, -0.15) is 0 Å². The summed E-state index contributed by atoms with van der Waals surface area (Å²) in [5.41, 5.74) is 14.2. The predicted molar refractivity (Wildman–Crippen MR) is 253 cm³/mol. The lowest BCUT2D eigenvalue weighted by Crippen LogP contribution is -1.97. The second kappa shape index (κ2) is 15.1. The van der Waals surface area contributed by atoms with Gasteiger partial charge in [-0.1, -0.05) is 212 Å². The topological polar surface area (TPSA) is 25.8 Å². The molecule has 11 aromatic rings. The van der Waals surface area contributed by atoms with Crippen LogP contribution in [-0.4, -0.2) is 9.97 Å². The fraction of sp³-hybridized carbons (Fsp3) is 0. The monoisotopic (exact) mass is 762 g/mol. The maximum atomic E-state index is 5.36. The zero-order valence-corrected chi connectivity index (χ0v) is 32.8. The summed E-state index contributed by atoms with van der Waals surface area (Å²) >= 11 is 0. The van der Waals surface area contributed by atoms with Crippen molar-refractivity contribution in [2.24, 2.45) is 0 Å². The molecule has 0 atom stereocenters. The highest BCUT2D eigenvalue weighted by molar-refractivity contribution is 6.20. The Morgan fingerprint density at radius 2 is 0.767 bits per heavy atom. The average Bonchev–Trinajstić information content (AvgIpc) is 3.34. The molecule has 0 radical (unpaired) electrons. The zero-order chi connectivity index (χ0) is 39.8. The minimum Gasteiger partial charge on any atom is -0.228 e. The largest absolute Gasteiger partial charge is 0.228 e. The van der Waals surface area contributed by atoms with Crippen LogP contribution >= 0.6 is 0 Å². The number of aromatic nitrogens is 2. The lowest BCUT2D eigenvalue weighted by Gasteiger charge is -2.15. The molecule has 0 saturated heterocycles. The van der Waals surface area contributed by atoms with E-state index in [9.17, 15) is 0 Å². The Morgan fingerprint density at radius 3 is 1.53 bits per heavy atom. The van der Waals surface area contributed by atoms with Crippen LogP contribution in [0.5, 0.6) is 0 Å².